The first-order valence-corrected chi connectivity index (χ1v) is 6.79. The van der Waals surface area contributed by atoms with E-state index in [4.69, 9.17) is 14.2 Å². The fourth-order valence-electron chi connectivity index (χ4n) is 3.17. The van der Waals surface area contributed by atoms with Crippen LogP contribution >= 0.6 is 0 Å². The second-order valence-electron chi connectivity index (χ2n) is 5.66. The Kier molecular flexibility index (Phi) is 3.37. The van der Waals surface area contributed by atoms with E-state index in [1.165, 1.54) is 13.2 Å². The largest absolute Gasteiger partial charge is 0.496 e. The summed E-state index contributed by atoms with van der Waals surface area (Å²) in [5.74, 6) is -1.37. The van der Waals surface area contributed by atoms with Gasteiger partial charge in [-0.3, -0.25) is 0 Å². The zero-order valence-corrected chi connectivity index (χ0v) is 11.9. The lowest BCUT2D eigenvalue weighted by molar-refractivity contribution is -0.206. The van der Waals surface area contributed by atoms with Gasteiger partial charge in [0.15, 0.2) is 6.10 Å². The first kappa shape index (κ1) is 14.3. The maximum Gasteiger partial charge on any atom is 0.333 e. The molecule has 3 rings (SSSR count). The lowest BCUT2D eigenvalue weighted by Crippen LogP contribution is -2.50. The molecule has 5 nitrogen and oxygen atoms in total. The smallest absolute Gasteiger partial charge is 0.333 e. The fraction of sp³-hybridized carbons (Fsp3) is 0.533. The summed E-state index contributed by atoms with van der Waals surface area (Å²) in [5.41, 5.74) is 0.527. The van der Waals surface area contributed by atoms with Crippen LogP contribution in [0.3, 0.4) is 0 Å². The summed E-state index contributed by atoms with van der Waals surface area (Å²) in [4.78, 5) is 11.5. The molecule has 6 heteroatoms. The Morgan fingerprint density at radius 2 is 2.19 bits per heavy atom. The van der Waals surface area contributed by atoms with E-state index in [9.17, 15) is 14.3 Å². The average molecular weight is 296 g/mol. The highest BCUT2D eigenvalue weighted by atomic mass is 19.1. The van der Waals surface area contributed by atoms with Gasteiger partial charge in [-0.2, -0.15) is 0 Å². The van der Waals surface area contributed by atoms with Crippen molar-refractivity contribution in [1.29, 1.82) is 0 Å². The van der Waals surface area contributed by atoms with Crippen molar-refractivity contribution in [2.75, 3.05) is 20.3 Å². The van der Waals surface area contributed by atoms with Crippen LogP contribution in [0.1, 0.15) is 23.5 Å². The number of hydrogen-bond acceptors (Lipinski definition) is 4. The summed E-state index contributed by atoms with van der Waals surface area (Å²) in [7, 11) is 1.46. The molecule has 0 aromatic heterocycles. The number of halogens is 1. The molecule has 2 aliphatic heterocycles. The second kappa shape index (κ2) is 4.96. The van der Waals surface area contributed by atoms with Crippen molar-refractivity contribution in [3.63, 3.8) is 0 Å². The molecule has 2 fully saturated rings. The summed E-state index contributed by atoms with van der Waals surface area (Å²) in [5, 5.41) is 9.40. The third kappa shape index (κ3) is 2.18. The van der Waals surface area contributed by atoms with Crippen molar-refractivity contribution < 1.29 is 28.5 Å². The van der Waals surface area contributed by atoms with Crippen LogP contribution in [-0.2, 0) is 14.3 Å². The molecule has 2 aliphatic rings. The van der Waals surface area contributed by atoms with Gasteiger partial charge >= 0.3 is 5.97 Å². The maximum absolute atomic E-state index is 13.7. The Hall–Kier alpha value is -1.66. The minimum absolute atomic E-state index is 0.372. The molecular weight excluding hydrogens is 279 g/mol. The Labute approximate surface area is 121 Å². The molecular formula is C15H17FO5. The molecule has 2 saturated heterocycles. The Bertz CT molecular complexity index is 582. The number of hydrogen-bond donors (Lipinski definition) is 1. The molecule has 2 heterocycles. The van der Waals surface area contributed by atoms with Crippen molar-refractivity contribution in [3.05, 3.63) is 29.1 Å². The summed E-state index contributed by atoms with van der Waals surface area (Å²) < 4.78 is 29.8. The van der Waals surface area contributed by atoms with Crippen LogP contribution in [0.5, 0.6) is 5.75 Å². The molecule has 0 saturated carbocycles. The van der Waals surface area contributed by atoms with Crippen LogP contribution in [0.15, 0.2) is 12.1 Å². The lowest BCUT2D eigenvalue weighted by atomic mass is 9.84. The van der Waals surface area contributed by atoms with Gasteiger partial charge in [0.2, 0.25) is 0 Å². The lowest BCUT2D eigenvalue weighted by Gasteiger charge is -2.37. The van der Waals surface area contributed by atoms with Gasteiger partial charge < -0.3 is 19.3 Å². The maximum atomic E-state index is 13.7. The summed E-state index contributed by atoms with van der Waals surface area (Å²) >= 11 is 0. The van der Waals surface area contributed by atoms with Gasteiger partial charge in [-0.15, -0.1) is 0 Å². The Morgan fingerprint density at radius 1 is 1.48 bits per heavy atom. The van der Waals surface area contributed by atoms with Crippen molar-refractivity contribution in [2.45, 2.75) is 31.0 Å². The van der Waals surface area contributed by atoms with Crippen molar-refractivity contribution in [1.82, 2.24) is 0 Å². The quantitative estimate of drug-likeness (QED) is 0.922. The van der Waals surface area contributed by atoms with E-state index < -0.39 is 17.7 Å². The van der Waals surface area contributed by atoms with Crippen molar-refractivity contribution in [2.24, 2.45) is 0 Å². The minimum Gasteiger partial charge on any atom is -0.496 e. The van der Waals surface area contributed by atoms with Crippen LogP contribution in [0.2, 0.25) is 0 Å². The molecule has 21 heavy (non-hydrogen) atoms. The number of carboxylic acid groups (broad SMARTS) is 1. The van der Waals surface area contributed by atoms with E-state index in [1.807, 2.05) is 0 Å². The SMILES string of the molecule is COc1c([C@@H]2CC3(COC3)O[C@H]2C(=O)O)ccc(F)c1C. The van der Waals surface area contributed by atoms with E-state index in [1.54, 1.807) is 13.0 Å². The second-order valence-corrected chi connectivity index (χ2v) is 5.66. The molecule has 0 radical (unpaired) electrons. The van der Waals surface area contributed by atoms with Crippen LogP contribution in [0.4, 0.5) is 4.39 Å². The molecule has 1 aromatic rings. The van der Waals surface area contributed by atoms with Crippen molar-refractivity contribution in [3.8, 4) is 5.75 Å². The van der Waals surface area contributed by atoms with Crippen LogP contribution in [0.25, 0.3) is 0 Å². The van der Waals surface area contributed by atoms with Crippen LogP contribution < -0.4 is 4.74 Å². The normalized spacial score (nSPS) is 26.6. The van der Waals surface area contributed by atoms with Crippen LogP contribution in [-0.4, -0.2) is 43.1 Å². The van der Waals surface area contributed by atoms with Crippen molar-refractivity contribution >= 4 is 5.97 Å². The number of carboxylic acids is 1. The summed E-state index contributed by atoms with van der Waals surface area (Å²) in [6.07, 6.45) is -0.432. The monoisotopic (exact) mass is 296 g/mol. The number of benzene rings is 1. The zero-order valence-electron chi connectivity index (χ0n) is 11.9. The van der Waals surface area contributed by atoms with Gasteiger partial charge in [0, 0.05) is 17.0 Å². The van der Waals surface area contributed by atoms with E-state index in [2.05, 4.69) is 0 Å². The highest BCUT2D eigenvalue weighted by Crippen LogP contribution is 2.48. The molecule has 0 aliphatic carbocycles. The highest BCUT2D eigenvalue weighted by Gasteiger charge is 2.54. The van der Waals surface area contributed by atoms with Gasteiger partial charge in [0.05, 0.1) is 20.3 Å². The first-order valence-electron chi connectivity index (χ1n) is 6.79. The molecule has 2 atom stereocenters. The predicted molar refractivity (Wildman–Crippen MR) is 71.1 cm³/mol. The molecule has 1 aromatic carbocycles. The minimum atomic E-state index is -1.02. The molecule has 0 unspecified atom stereocenters. The third-order valence-corrected chi connectivity index (χ3v) is 4.28. The number of rotatable bonds is 3. The molecule has 114 valence electrons. The van der Waals surface area contributed by atoms with E-state index in [-0.39, 0.29) is 11.7 Å². The summed E-state index contributed by atoms with van der Waals surface area (Å²) in [6.45, 7) is 2.41. The van der Waals surface area contributed by atoms with Gasteiger partial charge in [-0.25, -0.2) is 9.18 Å². The third-order valence-electron chi connectivity index (χ3n) is 4.28. The standard InChI is InChI=1S/C15H17FO5/c1-8-11(16)4-3-9(12(8)19-2)10-5-15(6-20-7-15)21-13(10)14(17)18/h3-4,10,13H,5-7H2,1-2H3,(H,17,18)/t10-,13+/m0/s1. The van der Waals surface area contributed by atoms with Gasteiger partial charge in [0.1, 0.15) is 17.2 Å². The first-order chi connectivity index (χ1) is 9.97. The zero-order chi connectivity index (χ0) is 15.2. The molecule has 1 spiro atoms. The summed E-state index contributed by atoms with van der Waals surface area (Å²) in [6, 6.07) is 2.93. The van der Waals surface area contributed by atoms with E-state index in [0.29, 0.717) is 36.5 Å². The van der Waals surface area contributed by atoms with Crippen LogP contribution in [0, 0.1) is 12.7 Å². The Morgan fingerprint density at radius 3 is 2.71 bits per heavy atom. The Balaban J connectivity index is 2.02. The topological polar surface area (TPSA) is 65.0 Å². The fourth-order valence-corrected chi connectivity index (χ4v) is 3.17. The van der Waals surface area contributed by atoms with Gasteiger partial charge in [-0.05, 0) is 19.4 Å². The number of aliphatic carboxylic acids is 1. The molecule has 0 amide bonds. The number of ether oxygens (including phenoxy) is 3. The van der Waals surface area contributed by atoms with E-state index in [0.717, 1.165) is 0 Å². The number of carbonyl (C=O) groups is 1. The molecule has 1 N–H and O–H groups in total. The van der Waals surface area contributed by atoms with E-state index >= 15 is 0 Å². The predicted octanol–water partition coefficient (Wildman–Crippen LogP) is 1.87. The number of methoxy groups -OCH3 is 1. The highest BCUT2D eigenvalue weighted by molar-refractivity contribution is 5.75. The van der Waals surface area contributed by atoms with Gasteiger partial charge in [-0.1, -0.05) is 6.07 Å². The van der Waals surface area contributed by atoms with Gasteiger partial charge in [0.25, 0.3) is 0 Å². The average Bonchev–Trinajstić information content (AvgIpc) is 2.82. The molecule has 0 bridgehead atoms.